The number of nitrogens with zero attached hydrogens (tertiary/aromatic N) is 1. The van der Waals surface area contributed by atoms with Crippen molar-refractivity contribution in [2.45, 2.75) is 25.0 Å². The zero-order valence-corrected chi connectivity index (χ0v) is 9.10. The minimum absolute atomic E-state index is 0.216. The summed E-state index contributed by atoms with van der Waals surface area (Å²) in [5.41, 5.74) is 0. The maximum Gasteiger partial charge on any atom is 0.217 e. The molecule has 1 saturated heterocycles. The van der Waals surface area contributed by atoms with Gasteiger partial charge in [-0.05, 0) is 19.4 Å². The van der Waals surface area contributed by atoms with Gasteiger partial charge in [0.25, 0.3) is 0 Å². The van der Waals surface area contributed by atoms with Crippen LogP contribution in [0.4, 0.5) is 0 Å². The highest BCUT2D eigenvalue weighted by Crippen LogP contribution is 2.14. The summed E-state index contributed by atoms with van der Waals surface area (Å²) >= 11 is 0. The lowest BCUT2D eigenvalue weighted by Crippen LogP contribution is -2.44. The van der Waals surface area contributed by atoms with Crippen LogP contribution in [-0.2, 0) is 10.0 Å². The molecule has 1 fully saturated rings. The van der Waals surface area contributed by atoms with E-state index in [1.807, 2.05) is 6.92 Å². The topological polar surface area (TPSA) is 49.4 Å². The van der Waals surface area contributed by atoms with Crippen LogP contribution in [0.2, 0.25) is 0 Å². The first-order chi connectivity index (χ1) is 6.09. The molecule has 0 aromatic carbocycles. The monoisotopic (exact) mass is 206 g/mol. The standard InChI is InChI=1S/C8H18N2O2S/c1-3-10(2)13(11,12)8-5-4-6-9-7-8/h8-9H,3-7H2,1-2H3. The molecule has 1 unspecified atom stereocenters. The van der Waals surface area contributed by atoms with Crippen molar-refractivity contribution in [3.05, 3.63) is 0 Å². The van der Waals surface area contributed by atoms with Gasteiger partial charge in [0.1, 0.15) is 0 Å². The van der Waals surface area contributed by atoms with Gasteiger partial charge in [0, 0.05) is 20.1 Å². The van der Waals surface area contributed by atoms with Crippen LogP contribution in [0.15, 0.2) is 0 Å². The SMILES string of the molecule is CCN(C)S(=O)(=O)C1CCCNC1. The highest BCUT2D eigenvalue weighted by Gasteiger charge is 2.29. The summed E-state index contributed by atoms with van der Waals surface area (Å²) in [5, 5.41) is 2.90. The number of sulfonamides is 1. The second-order valence-electron chi connectivity index (χ2n) is 3.43. The van der Waals surface area contributed by atoms with Crippen LogP contribution in [-0.4, -0.2) is 44.7 Å². The minimum atomic E-state index is -3.04. The Labute approximate surface area is 80.4 Å². The lowest BCUT2D eigenvalue weighted by molar-refractivity contribution is 0.441. The smallest absolute Gasteiger partial charge is 0.217 e. The molecule has 1 atom stereocenters. The van der Waals surface area contributed by atoms with Gasteiger partial charge < -0.3 is 5.32 Å². The molecule has 0 spiro atoms. The van der Waals surface area contributed by atoms with Gasteiger partial charge in [0.2, 0.25) is 10.0 Å². The fourth-order valence-corrected chi connectivity index (χ4v) is 3.17. The largest absolute Gasteiger partial charge is 0.315 e. The van der Waals surface area contributed by atoms with Crippen molar-refractivity contribution < 1.29 is 8.42 Å². The fourth-order valence-electron chi connectivity index (χ4n) is 1.51. The summed E-state index contributed by atoms with van der Waals surface area (Å²) in [6.45, 7) is 3.96. The summed E-state index contributed by atoms with van der Waals surface area (Å²) in [6, 6.07) is 0. The van der Waals surface area contributed by atoms with Gasteiger partial charge in [-0.15, -0.1) is 0 Å². The van der Waals surface area contributed by atoms with Gasteiger partial charge in [-0.1, -0.05) is 6.92 Å². The number of piperidine rings is 1. The Morgan fingerprint density at radius 3 is 2.69 bits per heavy atom. The molecule has 0 bridgehead atoms. The second kappa shape index (κ2) is 4.39. The third-order valence-electron chi connectivity index (χ3n) is 2.55. The number of hydrogen-bond acceptors (Lipinski definition) is 3. The maximum atomic E-state index is 11.8. The molecule has 1 aliphatic heterocycles. The molecule has 0 aliphatic carbocycles. The number of nitrogens with one attached hydrogen (secondary N) is 1. The highest BCUT2D eigenvalue weighted by molar-refractivity contribution is 7.89. The van der Waals surface area contributed by atoms with Gasteiger partial charge in [-0.25, -0.2) is 12.7 Å². The Balaban J connectivity index is 2.67. The van der Waals surface area contributed by atoms with E-state index in [0.717, 1.165) is 19.4 Å². The summed E-state index contributed by atoms with van der Waals surface area (Å²) in [4.78, 5) is 0. The Bertz CT molecular complexity index is 245. The average molecular weight is 206 g/mol. The molecule has 1 rings (SSSR count). The molecule has 0 saturated carbocycles. The van der Waals surface area contributed by atoms with Crippen molar-refractivity contribution in [1.29, 1.82) is 0 Å². The van der Waals surface area contributed by atoms with Gasteiger partial charge in [-0.3, -0.25) is 0 Å². The molecule has 0 aromatic rings. The maximum absolute atomic E-state index is 11.8. The lowest BCUT2D eigenvalue weighted by atomic mass is 10.2. The molecule has 0 aromatic heterocycles. The van der Waals surface area contributed by atoms with Crippen LogP contribution in [0.3, 0.4) is 0 Å². The van der Waals surface area contributed by atoms with Gasteiger partial charge >= 0.3 is 0 Å². The van der Waals surface area contributed by atoms with Gasteiger partial charge in [0.15, 0.2) is 0 Å². The number of hydrogen-bond donors (Lipinski definition) is 1. The molecule has 5 heteroatoms. The lowest BCUT2D eigenvalue weighted by Gasteiger charge is -2.26. The molecule has 1 heterocycles. The Hall–Kier alpha value is -0.130. The molecule has 13 heavy (non-hydrogen) atoms. The van der Waals surface area contributed by atoms with Crippen LogP contribution >= 0.6 is 0 Å². The zero-order chi connectivity index (χ0) is 9.90. The Morgan fingerprint density at radius 2 is 2.23 bits per heavy atom. The summed E-state index contributed by atoms with van der Waals surface area (Å²) < 4.78 is 25.0. The van der Waals surface area contributed by atoms with Crippen LogP contribution in [0.25, 0.3) is 0 Å². The first-order valence-corrected chi connectivity index (χ1v) is 6.25. The second-order valence-corrected chi connectivity index (χ2v) is 5.75. The van der Waals surface area contributed by atoms with E-state index < -0.39 is 10.0 Å². The van der Waals surface area contributed by atoms with Crippen molar-refractivity contribution in [1.82, 2.24) is 9.62 Å². The van der Waals surface area contributed by atoms with Crippen LogP contribution < -0.4 is 5.32 Å². The quantitative estimate of drug-likeness (QED) is 0.708. The first kappa shape index (κ1) is 10.9. The van der Waals surface area contributed by atoms with Crippen molar-refractivity contribution in [3.63, 3.8) is 0 Å². The molecule has 78 valence electrons. The normalized spacial score (nSPS) is 25.0. The molecule has 0 radical (unpaired) electrons. The molecule has 4 nitrogen and oxygen atoms in total. The van der Waals surface area contributed by atoms with E-state index in [2.05, 4.69) is 5.32 Å². The minimum Gasteiger partial charge on any atom is -0.315 e. The average Bonchev–Trinajstić information content (AvgIpc) is 2.18. The summed E-state index contributed by atoms with van der Waals surface area (Å²) in [6.07, 6.45) is 1.75. The summed E-state index contributed by atoms with van der Waals surface area (Å²) in [5.74, 6) is 0. The van der Waals surface area contributed by atoms with Crippen molar-refractivity contribution in [3.8, 4) is 0 Å². The van der Waals surface area contributed by atoms with E-state index in [1.54, 1.807) is 7.05 Å². The third kappa shape index (κ3) is 2.42. The van der Waals surface area contributed by atoms with Gasteiger partial charge in [-0.2, -0.15) is 0 Å². The fraction of sp³-hybridized carbons (Fsp3) is 1.00. The van der Waals surface area contributed by atoms with Crippen LogP contribution in [0.1, 0.15) is 19.8 Å². The number of rotatable bonds is 3. The van der Waals surface area contributed by atoms with Crippen LogP contribution in [0, 0.1) is 0 Å². The predicted molar refractivity (Wildman–Crippen MR) is 53.1 cm³/mol. The van der Waals surface area contributed by atoms with Crippen molar-refractivity contribution >= 4 is 10.0 Å². The van der Waals surface area contributed by atoms with E-state index in [9.17, 15) is 8.42 Å². The van der Waals surface area contributed by atoms with Crippen molar-refractivity contribution in [2.24, 2.45) is 0 Å². The van der Waals surface area contributed by atoms with E-state index in [0.29, 0.717) is 13.1 Å². The zero-order valence-electron chi connectivity index (χ0n) is 8.28. The first-order valence-electron chi connectivity index (χ1n) is 4.75. The van der Waals surface area contributed by atoms with Crippen LogP contribution in [0.5, 0.6) is 0 Å². The van der Waals surface area contributed by atoms with Crippen molar-refractivity contribution in [2.75, 3.05) is 26.7 Å². The Morgan fingerprint density at radius 1 is 1.54 bits per heavy atom. The van der Waals surface area contributed by atoms with E-state index in [4.69, 9.17) is 0 Å². The third-order valence-corrected chi connectivity index (χ3v) is 4.92. The van der Waals surface area contributed by atoms with E-state index in [1.165, 1.54) is 4.31 Å². The summed E-state index contributed by atoms with van der Waals surface area (Å²) in [7, 11) is -1.40. The molecular weight excluding hydrogens is 188 g/mol. The Kier molecular flexibility index (Phi) is 3.70. The molecule has 1 aliphatic rings. The van der Waals surface area contributed by atoms with E-state index in [-0.39, 0.29) is 5.25 Å². The van der Waals surface area contributed by atoms with E-state index >= 15 is 0 Å². The van der Waals surface area contributed by atoms with Gasteiger partial charge in [0.05, 0.1) is 5.25 Å². The molecule has 1 N–H and O–H groups in total. The molecular formula is C8H18N2O2S. The highest BCUT2D eigenvalue weighted by atomic mass is 32.2. The predicted octanol–water partition coefficient (Wildman–Crippen LogP) is 0.0199. The molecule has 0 amide bonds.